The predicted molar refractivity (Wildman–Crippen MR) is 137 cm³/mol. The van der Waals surface area contributed by atoms with Gasteiger partial charge in [-0.1, -0.05) is 37.1 Å². The second kappa shape index (κ2) is 11.2. The number of anilines is 1. The van der Waals surface area contributed by atoms with Gasteiger partial charge < -0.3 is 25.6 Å². The van der Waals surface area contributed by atoms with Crippen LogP contribution >= 0.6 is 12.2 Å². The average Bonchev–Trinajstić information content (AvgIpc) is 2.85. The zero-order chi connectivity index (χ0) is 23.9. The van der Waals surface area contributed by atoms with Gasteiger partial charge in [0.15, 0.2) is 5.11 Å². The van der Waals surface area contributed by atoms with Crippen molar-refractivity contribution in [2.45, 2.75) is 50.2 Å². The van der Waals surface area contributed by atoms with E-state index in [1.54, 1.807) is 30.3 Å². The first-order chi connectivity index (χ1) is 16.5. The Morgan fingerprint density at radius 1 is 1.12 bits per heavy atom. The van der Waals surface area contributed by atoms with E-state index in [-0.39, 0.29) is 30.3 Å². The molecule has 1 aliphatic heterocycles. The molecule has 1 saturated carbocycles. The number of nitrogens with one attached hydrogen (secondary N) is 3. The lowest BCUT2D eigenvalue weighted by Gasteiger charge is -2.49. The van der Waals surface area contributed by atoms with Crippen molar-refractivity contribution in [2.75, 3.05) is 11.9 Å². The Morgan fingerprint density at radius 2 is 1.82 bits per heavy atom. The maximum absolute atomic E-state index is 13.0. The number of nitrogens with zero attached hydrogens (tertiary/aromatic N) is 1. The SMILES string of the molecule is C=CCNC(=S)N1[C@@H](CC(=O)Nc2ccc(Oc3ccccc3)cc2)C(=O)N[C@H]2CCCC[C@@H]21. The number of rotatable bonds is 7. The number of para-hydroxylation sites is 1. The number of thiocarbonyl (C=S) groups is 1. The molecule has 178 valence electrons. The first kappa shape index (κ1) is 23.8. The van der Waals surface area contributed by atoms with Crippen LogP contribution in [0.4, 0.5) is 5.69 Å². The van der Waals surface area contributed by atoms with Crippen LogP contribution < -0.4 is 20.7 Å². The van der Waals surface area contributed by atoms with Gasteiger partial charge in [-0.25, -0.2) is 0 Å². The Labute approximate surface area is 205 Å². The molecule has 1 saturated heterocycles. The summed E-state index contributed by atoms with van der Waals surface area (Å²) in [7, 11) is 0. The molecule has 0 spiro atoms. The fraction of sp³-hybridized carbons (Fsp3) is 0.346. The van der Waals surface area contributed by atoms with Crippen LogP contribution in [0.15, 0.2) is 67.3 Å². The van der Waals surface area contributed by atoms with Gasteiger partial charge in [-0.15, -0.1) is 6.58 Å². The van der Waals surface area contributed by atoms with Crippen LogP contribution in [0.25, 0.3) is 0 Å². The molecule has 7 nitrogen and oxygen atoms in total. The maximum Gasteiger partial charge on any atom is 0.243 e. The van der Waals surface area contributed by atoms with Crippen molar-refractivity contribution < 1.29 is 14.3 Å². The number of carbonyl (C=O) groups excluding carboxylic acids is 2. The fourth-order valence-corrected chi connectivity index (χ4v) is 4.95. The van der Waals surface area contributed by atoms with Crippen molar-refractivity contribution in [1.82, 2.24) is 15.5 Å². The molecule has 2 aliphatic rings. The summed E-state index contributed by atoms with van der Waals surface area (Å²) in [5.74, 6) is 1.00. The summed E-state index contributed by atoms with van der Waals surface area (Å²) in [6.07, 6.45) is 5.75. The Hall–Kier alpha value is -3.39. The number of carbonyl (C=O) groups is 2. The molecule has 1 aliphatic carbocycles. The van der Waals surface area contributed by atoms with Crippen molar-refractivity contribution in [2.24, 2.45) is 0 Å². The van der Waals surface area contributed by atoms with Gasteiger partial charge in [-0.3, -0.25) is 9.59 Å². The molecule has 2 aromatic carbocycles. The summed E-state index contributed by atoms with van der Waals surface area (Å²) in [5, 5.41) is 9.66. The lowest BCUT2D eigenvalue weighted by Crippen LogP contribution is -2.69. The zero-order valence-electron chi connectivity index (χ0n) is 19.0. The number of hydrogen-bond acceptors (Lipinski definition) is 4. The predicted octanol–water partition coefficient (Wildman–Crippen LogP) is 3.98. The van der Waals surface area contributed by atoms with Crippen LogP contribution in [-0.4, -0.2) is 46.5 Å². The molecule has 3 N–H and O–H groups in total. The van der Waals surface area contributed by atoms with E-state index in [1.165, 1.54) is 0 Å². The Kier molecular flexibility index (Phi) is 7.80. The van der Waals surface area contributed by atoms with Gasteiger partial charge >= 0.3 is 0 Å². The number of hydrogen-bond donors (Lipinski definition) is 3. The van der Waals surface area contributed by atoms with Crippen molar-refractivity contribution in [3.05, 3.63) is 67.3 Å². The third-order valence-corrected chi connectivity index (χ3v) is 6.54. The van der Waals surface area contributed by atoms with E-state index in [1.807, 2.05) is 35.2 Å². The molecule has 0 aromatic heterocycles. The summed E-state index contributed by atoms with van der Waals surface area (Å²) < 4.78 is 5.80. The first-order valence-electron chi connectivity index (χ1n) is 11.7. The van der Waals surface area contributed by atoms with Crippen molar-refractivity contribution in [3.8, 4) is 11.5 Å². The van der Waals surface area contributed by atoms with E-state index in [9.17, 15) is 9.59 Å². The number of fused-ring (bicyclic) bond motifs is 1. The molecule has 2 amide bonds. The van der Waals surface area contributed by atoms with Gasteiger partial charge in [0.1, 0.15) is 17.5 Å². The van der Waals surface area contributed by atoms with E-state index < -0.39 is 6.04 Å². The van der Waals surface area contributed by atoms with Crippen LogP contribution in [0.3, 0.4) is 0 Å². The zero-order valence-corrected chi connectivity index (χ0v) is 19.9. The number of piperazine rings is 1. The van der Waals surface area contributed by atoms with Crippen LogP contribution in [0.5, 0.6) is 11.5 Å². The monoisotopic (exact) mass is 478 g/mol. The summed E-state index contributed by atoms with van der Waals surface area (Å²) in [4.78, 5) is 27.8. The Morgan fingerprint density at radius 3 is 2.56 bits per heavy atom. The average molecular weight is 479 g/mol. The molecular weight excluding hydrogens is 448 g/mol. The number of amides is 2. The molecule has 8 heteroatoms. The van der Waals surface area contributed by atoms with Crippen molar-refractivity contribution in [3.63, 3.8) is 0 Å². The van der Waals surface area contributed by atoms with Gasteiger partial charge in [0.2, 0.25) is 11.8 Å². The first-order valence-corrected chi connectivity index (χ1v) is 12.1. The summed E-state index contributed by atoms with van der Waals surface area (Å²) >= 11 is 5.63. The minimum atomic E-state index is -0.662. The smallest absolute Gasteiger partial charge is 0.243 e. The third-order valence-electron chi connectivity index (χ3n) is 6.18. The topological polar surface area (TPSA) is 82.7 Å². The molecule has 4 rings (SSSR count). The van der Waals surface area contributed by atoms with E-state index in [0.29, 0.717) is 23.1 Å². The molecule has 34 heavy (non-hydrogen) atoms. The minimum absolute atomic E-state index is 0.00717. The molecule has 0 bridgehead atoms. The van der Waals surface area contributed by atoms with E-state index >= 15 is 0 Å². The fourth-order valence-electron chi connectivity index (χ4n) is 4.60. The quantitative estimate of drug-likeness (QED) is 0.413. The molecule has 2 aromatic rings. The van der Waals surface area contributed by atoms with Crippen LogP contribution in [0.1, 0.15) is 32.1 Å². The summed E-state index contributed by atoms with van der Waals surface area (Å²) in [5.41, 5.74) is 0.635. The van der Waals surface area contributed by atoms with E-state index in [2.05, 4.69) is 22.5 Å². The molecule has 2 fully saturated rings. The summed E-state index contributed by atoms with van der Waals surface area (Å²) in [6.45, 7) is 4.23. The standard InChI is InChI=1S/C26H30N4O3S/c1-2-16-27-26(34)30-22-11-7-6-10-21(22)29-25(32)23(30)17-24(31)28-18-12-14-20(15-13-18)33-19-8-4-3-5-9-19/h2-5,8-9,12-15,21-23H,1,6-7,10-11,16-17H2,(H,27,34)(H,28,31)(H,29,32)/t21-,22-,23-/m0/s1. The third kappa shape index (κ3) is 5.75. The van der Waals surface area contributed by atoms with Crippen LogP contribution in [-0.2, 0) is 9.59 Å². The Balaban J connectivity index is 1.42. The van der Waals surface area contributed by atoms with Crippen LogP contribution in [0, 0.1) is 0 Å². The number of benzene rings is 2. The molecule has 0 unspecified atom stereocenters. The maximum atomic E-state index is 13.0. The highest BCUT2D eigenvalue weighted by Crippen LogP contribution is 2.30. The second-order valence-corrected chi connectivity index (χ2v) is 8.94. The van der Waals surface area contributed by atoms with Crippen molar-refractivity contribution in [1.29, 1.82) is 0 Å². The van der Waals surface area contributed by atoms with Gasteiger partial charge in [0, 0.05) is 18.3 Å². The lowest BCUT2D eigenvalue weighted by molar-refractivity contribution is -0.134. The molecule has 0 radical (unpaired) electrons. The van der Waals surface area contributed by atoms with Gasteiger partial charge in [-0.05, 0) is 61.5 Å². The highest BCUT2D eigenvalue weighted by atomic mass is 32.1. The normalized spacial score (nSPS) is 21.6. The summed E-state index contributed by atoms with van der Waals surface area (Å²) in [6, 6.07) is 16.1. The lowest BCUT2D eigenvalue weighted by atomic mass is 9.85. The molecule has 1 heterocycles. The van der Waals surface area contributed by atoms with Gasteiger partial charge in [-0.2, -0.15) is 0 Å². The Bertz CT molecular complexity index is 1030. The molecule has 3 atom stereocenters. The van der Waals surface area contributed by atoms with Gasteiger partial charge in [0.05, 0.1) is 12.5 Å². The highest BCUT2D eigenvalue weighted by molar-refractivity contribution is 7.80. The number of ether oxygens (including phenoxy) is 1. The van der Waals surface area contributed by atoms with Crippen LogP contribution in [0.2, 0.25) is 0 Å². The second-order valence-electron chi connectivity index (χ2n) is 8.56. The van der Waals surface area contributed by atoms with E-state index in [0.717, 1.165) is 31.4 Å². The largest absolute Gasteiger partial charge is 0.457 e. The van der Waals surface area contributed by atoms with Gasteiger partial charge in [0.25, 0.3) is 0 Å². The van der Waals surface area contributed by atoms with E-state index in [4.69, 9.17) is 17.0 Å². The minimum Gasteiger partial charge on any atom is -0.457 e. The highest BCUT2D eigenvalue weighted by Gasteiger charge is 2.44. The van der Waals surface area contributed by atoms with Crippen molar-refractivity contribution >= 4 is 34.8 Å². The molecular formula is C26H30N4O3S.